The van der Waals surface area contributed by atoms with Crippen LogP contribution in [-0.2, 0) is 7.05 Å². The fourth-order valence-electron chi connectivity index (χ4n) is 1.64. The van der Waals surface area contributed by atoms with Gasteiger partial charge in [-0.05, 0) is 27.6 Å². The summed E-state index contributed by atoms with van der Waals surface area (Å²) in [5, 5.41) is 7.60. The van der Waals surface area contributed by atoms with Crippen molar-refractivity contribution in [3.8, 4) is 0 Å². The fourth-order valence-corrected chi connectivity index (χ4v) is 2.13. The molecule has 3 N–H and O–H groups in total. The van der Waals surface area contributed by atoms with Crippen LogP contribution in [0.15, 0.2) is 28.9 Å². The molecule has 7 heteroatoms. The molecule has 0 amide bonds. The maximum Gasteiger partial charge on any atom is 0.137 e. The fraction of sp³-hybridized carbons (Fsp3) is 0.200. The minimum absolute atomic E-state index is 0.335. The van der Waals surface area contributed by atoms with Gasteiger partial charge in [0.25, 0.3) is 0 Å². The van der Waals surface area contributed by atoms with Gasteiger partial charge in [0, 0.05) is 7.05 Å². The average Bonchev–Trinajstić information content (AvgIpc) is 2.72. The number of hydrogen-bond acceptors (Lipinski definition) is 4. The zero-order chi connectivity index (χ0) is 12.4. The summed E-state index contributed by atoms with van der Waals surface area (Å²) in [6.45, 7) is 0. The van der Waals surface area contributed by atoms with Gasteiger partial charge >= 0.3 is 0 Å². The van der Waals surface area contributed by atoms with E-state index in [1.165, 1.54) is 6.07 Å². The first kappa shape index (κ1) is 12.2. The van der Waals surface area contributed by atoms with E-state index in [0.29, 0.717) is 10.0 Å². The first-order valence-electron chi connectivity index (χ1n) is 4.89. The maximum absolute atomic E-state index is 13.5. The molecule has 2 aromatic rings. The number of hydrazine groups is 1. The summed E-state index contributed by atoms with van der Waals surface area (Å²) in [4.78, 5) is 0. The van der Waals surface area contributed by atoms with Gasteiger partial charge in [0.15, 0.2) is 0 Å². The van der Waals surface area contributed by atoms with Gasteiger partial charge in [-0.25, -0.2) is 9.82 Å². The van der Waals surface area contributed by atoms with Crippen molar-refractivity contribution in [2.75, 3.05) is 0 Å². The molecule has 17 heavy (non-hydrogen) atoms. The molecule has 2 rings (SSSR count). The predicted octanol–water partition coefficient (Wildman–Crippen LogP) is 1.27. The number of aryl methyl sites for hydroxylation is 1. The Morgan fingerprint density at radius 3 is 2.88 bits per heavy atom. The SMILES string of the molecule is Cn1nncc1C(NN)c1cccc(F)c1Br. The first-order chi connectivity index (χ1) is 8.15. The van der Waals surface area contributed by atoms with E-state index < -0.39 is 0 Å². The standard InChI is InChI=1S/C10H11BrFN5/c1-17-8(5-14-16-17)10(15-13)6-3-2-4-7(12)9(6)11/h2-5,10,15H,13H2,1H3. The lowest BCUT2D eigenvalue weighted by molar-refractivity contribution is 0.559. The number of hydrogen-bond donors (Lipinski definition) is 2. The second-order valence-corrected chi connectivity index (χ2v) is 4.32. The van der Waals surface area contributed by atoms with Crippen LogP contribution in [0.3, 0.4) is 0 Å². The monoisotopic (exact) mass is 299 g/mol. The summed E-state index contributed by atoms with van der Waals surface area (Å²) in [5.74, 6) is 5.19. The third-order valence-electron chi connectivity index (χ3n) is 2.50. The Balaban J connectivity index is 2.50. The van der Waals surface area contributed by atoms with Gasteiger partial charge in [-0.1, -0.05) is 17.3 Å². The zero-order valence-corrected chi connectivity index (χ0v) is 10.6. The minimum Gasteiger partial charge on any atom is -0.271 e. The van der Waals surface area contributed by atoms with Gasteiger partial charge < -0.3 is 0 Å². The van der Waals surface area contributed by atoms with E-state index in [0.717, 1.165) is 5.69 Å². The van der Waals surface area contributed by atoms with Crippen molar-refractivity contribution in [2.24, 2.45) is 12.9 Å². The summed E-state index contributed by atoms with van der Waals surface area (Å²) in [5.41, 5.74) is 4.07. The Morgan fingerprint density at radius 1 is 1.53 bits per heavy atom. The maximum atomic E-state index is 13.5. The lowest BCUT2D eigenvalue weighted by Gasteiger charge is -2.17. The molecule has 0 saturated heterocycles. The Bertz CT molecular complexity index is 527. The molecule has 5 nitrogen and oxygen atoms in total. The van der Waals surface area contributed by atoms with Crippen molar-refractivity contribution >= 4 is 15.9 Å². The number of nitrogens with zero attached hydrogens (tertiary/aromatic N) is 3. The van der Waals surface area contributed by atoms with Gasteiger partial charge in [0.1, 0.15) is 5.82 Å². The van der Waals surface area contributed by atoms with Crippen LogP contribution in [0.25, 0.3) is 0 Å². The van der Waals surface area contributed by atoms with Gasteiger partial charge in [0.05, 0.1) is 22.4 Å². The normalized spacial score (nSPS) is 12.7. The highest BCUT2D eigenvalue weighted by Crippen LogP contribution is 2.29. The Labute approximate surface area is 106 Å². The largest absolute Gasteiger partial charge is 0.271 e. The summed E-state index contributed by atoms with van der Waals surface area (Å²) < 4.78 is 15.4. The van der Waals surface area contributed by atoms with Crippen molar-refractivity contribution in [1.29, 1.82) is 0 Å². The van der Waals surface area contributed by atoms with Crippen LogP contribution < -0.4 is 11.3 Å². The topological polar surface area (TPSA) is 68.8 Å². The smallest absolute Gasteiger partial charge is 0.137 e. The molecule has 1 aromatic carbocycles. The Hall–Kier alpha value is -1.31. The van der Waals surface area contributed by atoms with E-state index >= 15 is 0 Å². The van der Waals surface area contributed by atoms with Gasteiger partial charge in [-0.3, -0.25) is 10.5 Å². The number of halogens is 2. The average molecular weight is 300 g/mol. The molecule has 0 aliphatic heterocycles. The van der Waals surface area contributed by atoms with Gasteiger partial charge in [-0.2, -0.15) is 0 Å². The molecule has 1 aromatic heterocycles. The molecule has 0 spiro atoms. The van der Waals surface area contributed by atoms with Crippen LogP contribution in [0, 0.1) is 5.82 Å². The second kappa shape index (κ2) is 4.91. The molecule has 0 fully saturated rings. The van der Waals surface area contributed by atoms with Crippen molar-refractivity contribution in [3.63, 3.8) is 0 Å². The summed E-state index contributed by atoms with van der Waals surface area (Å²) >= 11 is 3.21. The molecule has 0 saturated carbocycles. The number of benzene rings is 1. The second-order valence-electron chi connectivity index (χ2n) is 3.53. The molecular formula is C10H11BrFN5. The Morgan fingerprint density at radius 2 is 2.29 bits per heavy atom. The molecule has 0 aliphatic carbocycles. The number of rotatable bonds is 3. The lowest BCUT2D eigenvalue weighted by atomic mass is 10.0. The zero-order valence-electron chi connectivity index (χ0n) is 9.06. The van der Waals surface area contributed by atoms with Crippen LogP contribution >= 0.6 is 15.9 Å². The molecule has 1 atom stereocenters. The van der Waals surface area contributed by atoms with E-state index in [-0.39, 0.29) is 11.9 Å². The van der Waals surface area contributed by atoms with Crippen LogP contribution in [0.2, 0.25) is 0 Å². The summed E-state index contributed by atoms with van der Waals surface area (Å²) in [6, 6.07) is 4.41. The van der Waals surface area contributed by atoms with E-state index in [9.17, 15) is 4.39 Å². The van der Waals surface area contributed by atoms with Crippen molar-refractivity contribution in [3.05, 3.63) is 45.9 Å². The molecule has 0 radical (unpaired) electrons. The van der Waals surface area contributed by atoms with Crippen LogP contribution in [0.5, 0.6) is 0 Å². The van der Waals surface area contributed by atoms with E-state index in [4.69, 9.17) is 5.84 Å². The highest BCUT2D eigenvalue weighted by molar-refractivity contribution is 9.10. The molecule has 1 heterocycles. The number of aromatic nitrogens is 3. The molecule has 0 aliphatic rings. The highest BCUT2D eigenvalue weighted by Gasteiger charge is 2.20. The van der Waals surface area contributed by atoms with E-state index in [2.05, 4.69) is 31.7 Å². The summed E-state index contributed by atoms with van der Waals surface area (Å²) in [6.07, 6.45) is 1.59. The minimum atomic E-state index is -0.375. The summed E-state index contributed by atoms with van der Waals surface area (Å²) in [7, 11) is 1.75. The van der Waals surface area contributed by atoms with Crippen LogP contribution in [0.1, 0.15) is 17.3 Å². The highest BCUT2D eigenvalue weighted by atomic mass is 79.9. The van der Waals surface area contributed by atoms with E-state index in [1.54, 1.807) is 30.1 Å². The number of nitrogens with one attached hydrogen (secondary N) is 1. The van der Waals surface area contributed by atoms with E-state index in [1.807, 2.05) is 0 Å². The third kappa shape index (κ3) is 2.21. The van der Waals surface area contributed by atoms with Crippen molar-refractivity contribution in [1.82, 2.24) is 20.4 Å². The molecular weight excluding hydrogens is 289 g/mol. The third-order valence-corrected chi connectivity index (χ3v) is 3.34. The Kier molecular flexibility index (Phi) is 3.51. The predicted molar refractivity (Wildman–Crippen MR) is 64.3 cm³/mol. The number of nitrogens with two attached hydrogens (primary N) is 1. The quantitative estimate of drug-likeness (QED) is 0.661. The molecule has 90 valence electrons. The van der Waals surface area contributed by atoms with Crippen LogP contribution in [0.4, 0.5) is 4.39 Å². The first-order valence-corrected chi connectivity index (χ1v) is 5.69. The molecule has 0 bridgehead atoms. The van der Waals surface area contributed by atoms with Gasteiger partial charge in [0.2, 0.25) is 0 Å². The van der Waals surface area contributed by atoms with Crippen molar-refractivity contribution in [2.45, 2.75) is 6.04 Å². The van der Waals surface area contributed by atoms with Gasteiger partial charge in [-0.15, -0.1) is 5.10 Å². The van der Waals surface area contributed by atoms with Crippen molar-refractivity contribution < 1.29 is 4.39 Å². The van der Waals surface area contributed by atoms with Crippen LogP contribution in [-0.4, -0.2) is 15.0 Å². The lowest BCUT2D eigenvalue weighted by Crippen LogP contribution is -2.30. The molecule has 1 unspecified atom stereocenters.